The van der Waals surface area contributed by atoms with Crippen molar-refractivity contribution in [1.29, 1.82) is 0 Å². The van der Waals surface area contributed by atoms with Crippen molar-refractivity contribution in [1.82, 2.24) is 5.48 Å². The summed E-state index contributed by atoms with van der Waals surface area (Å²) in [6.45, 7) is 3.30. The van der Waals surface area contributed by atoms with Crippen molar-refractivity contribution in [2.75, 3.05) is 6.61 Å². The predicted molar refractivity (Wildman–Crippen MR) is 101 cm³/mol. The maximum absolute atomic E-state index is 11.9. The largest absolute Gasteiger partial charge is 0.519 e. The average molecular weight is 421 g/mol. The SMILES string of the molecule is CCOC(=O)c1ccc(C[C@H](CCC(=O)NOCc2oc(=O)oc2C)C(=O)O)cc1. The number of carboxylic acids is 1. The molecule has 0 spiro atoms. The number of carboxylic acid groups (broad SMARTS) is 1. The first-order valence-corrected chi connectivity index (χ1v) is 9.29. The first-order valence-electron chi connectivity index (χ1n) is 9.29. The Balaban J connectivity index is 1.81. The summed E-state index contributed by atoms with van der Waals surface area (Å²) in [4.78, 5) is 51.0. The summed E-state index contributed by atoms with van der Waals surface area (Å²) in [5, 5.41) is 9.43. The lowest BCUT2D eigenvalue weighted by Gasteiger charge is -2.13. The van der Waals surface area contributed by atoms with Crippen molar-refractivity contribution in [3.05, 3.63) is 57.5 Å². The fourth-order valence-electron chi connectivity index (χ4n) is 2.63. The van der Waals surface area contributed by atoms with Gasteiger partial charge in [-0.05, 0) is 44.4 Å². The smallest absolute Gasteiger partial charge is 0.481 e. The predicted octanol–water partition coefficient (Wildman–Crippen LogP) is 1.99. The normalized spacial score (nSPS) is 11.7. The highest BCUT2D eigenvalue weighted by Gasteiger charge is 2.20. The van der Waals surface area contributed by atoms with E-state index in [2.05, 4.69) is 9.90 Å². The van der Waals surface area contributed by atoms with Gasteiger partial charge in [0.2, 0.25) is 5.91 Å². The molecule has 0 fully saturated rings. The van der Waals surface area contributed by atoms with E-state index in [0.29, 0.717) is 5.56 Å². The van der Waals surface area contributed by atoms with Crippen molar-refractivity contribution in [2.45, 2.75) is 39.7 Å². The number of hydrogen-bond acceptors (Lipinski definition) is 8. The van der Waals surface area contributed by atoms with Crippen molar-refractivity contribution >= 4 is 17.8 Å². The second-order valence-corrected chi connectivity index (χ2v) is 6.44. The molecule has 1 aromatic heterocycles. The van der Waals surface area contributed by atoms with E-state index in [-0.39, 0.29) is 44.0 Å². The number of carbonyl (C=O) groups excluding carboxylic acids is 2. The van der Waals surface area contributed by atoms with Crippen molar-refractivity contribution in [3.63, 3.8) is 0 Å². The van der Waals surface area contributed by atoms with E-state index in [9.17, 15) is 24.3 Å². The number of hydroxylamine groups is 1. The molecule has 2 aromatic rings. The fourth-order valence-corrected chi connectivity index (χ4v) is 2.63. The molecule has 2 rings (SSSR count). The maximum Gasteiger partial charge on any atom is 0.519 e. The van der Waals surface area contributed by atoms with Gasteiger partial charge in [0, 0.05) is 6.42 Å². The molecule has 10 heteroatoms. The average Bonchev–Trinajstić information content (AvgIpc) is 3.02. The van der Waals surface area contributed by atoms with Crippen molar-refractivity contribution < 1.29 is 37.9 Å². The molecule has 0 aliphatic rings. The highest BCUT2D eigenvalue weighted by molar-refractivity contribution is 5.89. The van der Waals surface area contributed by atoms with Crippen molar-refractivity contribution in [2.24, 2.45) is 5.92 Å². The number of hydrogen-bond donors (Lipinski definition) is 2. The molecule has 1 heterocycles. The minimum absolute atomic E-state index is 0.0772. The van der Waals surface area contributed by atoms with Crippen LogP contribution in [0, 0.1) is 12.8 Å². The topological polar surface area (TPSA) is 145 Å². The third-order valence-electron chi connectivity index (χ3n) is 4.24. The Morgan fingerprint density at radius 2 is 1.87 bits per heavy atom. The fraction of sp³-hybridized carbons (Fsp3) is 0.400. The van der Waals surface area contributed by atoms with E-state index in [0.717, 1.165) is 5.56 Å². The molecule has 0 saturated carbocycles. The van der Waals surface area contributed by atoms with Crippen LogP contribution >= 0.6 is 0 Å². The summed E-state index contributed by atoms with van der Waals surface area (Å²) >= 11 is 0. The minimum atomic E-state index is -1.03. The van der Waals surface area contributed by atoms with Crippen molar-refractivity contribution in [3.8, 4) is 0 Å². The number of carbonyl (C=O) groups is 3. The van der Waals surface area contributed by atoms with Gasteiger partial charge in [-0.3, -0.25) is 14.4 Å². The number of aryl methyl sites for hydroxylation is 1. The zero-order chi connectivity index (χ0) is 22.1. The van der Waals surface area contributed by atoms with Crippen LogP contribution in [0.25, 0.3) is 0 Å². The van der Waals surface area contributed by atoms with Gasteiger partial charge in [-0.25, -0.2) is 15.1 Å². The first-order chi connectivity index (χ1) is 14.3. The Morgan fingerprint density at radius 3 is 2.43 bits per heavy atom. The molecule has 0 unspecified atom stereocenters. The molecule has 0 aliphatic carbocycles. The third-order valence-corrected chi connectivity index (χ3v) is 4.24. The second kappa shape index (κ2) is 11.0. The van der Waals surface area contributed by atoms with Crippen LogP contribution in [0.1, 0.15) is 47.2 Å². The molecular formula is C20H23NO9. The number of amides is 1. The van der Waals surface area contributed by atoms with Gasteiger partial charge >= 0.3 is 17.8 Å². The molecule has 2 N–H and O–H groups in total. The van der Waals surface area contributed by atoms with Crippen LogP contribution in [0.2, 0.25) is 0 Å². The summed E-state index contributed by atoms with van der Waals surface area (Å²) in [5.41, 5.74) is 3.27. The molecule has 0 saturated heterocycles. The summed E-state index contributed by atoms with van der Waals surface area (Å²) in [6.07, 6.45) is 0.210. The zero-order valence-corrected chi connectivity index (χ0v) is 16.6. The Kier molecular flexibility index (Phi) is 8.36. The van der Waals surface area contributed by atoms with Crippen LogP contribution in [-0.2, 0) is 32.2 Å². The van der Waals surface area contributed by atoms with Gasteiger partial charge in [0.05, 0.1) is 18.1 Å². The van der Waals surface area contributed by atoms with Gasteiger partial charge in [-0.15, -0.1) is 0 Å². The lowest BCUT2D eigenvalue weighted by atomic mass is 9.94. The van der Waals surface area contributed by atoms with Crippen LogP contribution < -0.4 is 11.3 Å². The second-order valence-electron chi connectivity index (χ2n) is 6.44. The lowest BCUT2D eigenvalue weighted by molar-refractivity contribution is -0.142. The first kappa shape index (κ1) is 22.9. The molecular weight excluding hydrogens is 398 g/mol. The van der Waals surface area contributed by atoms with E-state index < -0.39 is 29.6 Å². The van der Waals surface area contributed by atoms with E-state index in [1.165, 1.54) is 6.92 Å². The number of benzene rings is 1. The molecule has 0 bridgehead atoms. The molecule has 0 radical (unpaired) electrons. The van der Waals surface area contributed by atoms with E-state index >= 15 is 0 Å². The standard InChI is InChI=1S/C20H23NO9/c1-3-27-19(25)14-6-4-13(5-7-14)10-15(18(23)24)8-9-17(22)21-28-11-16-12(2)29-20(26)30-16/h4-7,15H,3,8-11H2,1-2H3,(H,21,22)(H,23,24)/t15-/m0/s1. The van der Waals surface area contributed by atoms with Crippen LogP contribution in [0.15, 0.2) is 37.9 Å². The highest BCUT2D eigenvalue weighted by atomic mass is 16.7. The van der Waals surface area contributed by atoms with Gasteiger partial charge in [0.25, 0.3) is 0 Å². The molecule has 30 heavy (non-hydrogen) atoms. The molecule has 162 valence electrons. The molecule has 10 nitrogen and oxygen atoms in total. The van der Waals surface area contributed by atoms with E-state index in [4.69, 9.17) is 14.0 Å². The number of rotatable bonds is 11. The number of aliphatic carboxylic acids is 1. The molecule has 1 amide bonds. The van der Waals surface area contributed by atoms with Crippen LogP contribution in [0.3, 0.4) is 0 Å². The Labute approximate surface area is 171 Å². The zero-order valence-electron chi connectivity index (χ0n) is 16.6. The Hall–Kier alpha value is -3.40. The summed E-state index contributed by atoms with van der Waals surface area (Å²) in [7, 11) is 0. The maximum atomic E-state index is 11.9. The number of esters is 1. The van der Waals surface area contributed by atoms with Gasteiger partial charge < -0.3 is 18.7 Å². The Morgan fingerprint density at radius 1 is 1.17 bits per heavy atom. The quantitative estimate of drug-likeness (QED) is 0.411. The van der Waals surface area contributed by atoms with Crippen LogP contribution in [-0.4, -0.2) is 29.6 Å². The van der Waals surface area contributed by atoms with E-state index in [1.54, 1.807) is 31.2 Å². The monoisotopic (exact) mass is 421 g/mol. The van der Waals surface area contributed by atoms with Gasteiger partial charge in [0.1, 0.15) is 12.4 Å². The third kappa shape index (κ3) is 6.89. The van der Waals surface area contributed by atoms with E-state index in [1.807, 2.05) is 0 Å². The van der Waals surface area contributed by atoms with Gasteiger partial charge in [0.15, 0.2) is 5.76 Å². The Bertz CT molecular complexity index is 926. The molecule has 1 aromatic carbocycles. The lowest BCUT2D eigenvalue weighted by Crippen LogP contribution is -2.26. The minimum Gasteiger partial charge on any atom is -0.481 e. The molecule has 1 atom stereocenters. The van der Waals surface area contributed by atoms with Crippen LogP contribution in [0.5, 0.6) is 0 Å². The van der Waals surface area contributed by atoms with Gasteiger partial charge in [-0.1, -0.05) is 12.1 Å². The van der Waals surface area contributed by atoms with Gasteiger partial charge in [-0.2, -0.15) is 0 Å². The summed E-state index contributed by atoms with van der Waals surface area (Å²) in [5.74, 6) is -3.25. The summed E-state index contributed by atoms with van der Waals surface area (Å²) in [6, 6.07) is 6.46. The number of nitrogens with one attached hydrogen (secondary N) is 1. The molecule has 0 aliphatic heterocycles. The number of ether oxygens (including phenoxy) is 1. The van der Waals surface area contributed by atoms with Crippen LogP contribution in [0.4, 0.5) is 0 Å². The summed E-state index contributed by atoms with van der Waals surface area (Å²) < 4.78 is 14.3. The highest BCUT2D eigenvalue weighted by Crippen LogP contribution is 2.16.